The molecule has 0 aromatic heterocycles. The van der Waals surface area contributed by atoms with E-state index in [0.29, 0.717) is 13.1 Å². The van der Waals surface area contributed by atoms with E-state index in [1.165, 1.54) is 26.3 Å². The Morgan fingerprint density at radius 2 is 1.92 bits per heavy atom. The van der Waals surface area contributed by atoms with Crippen LogP contribution in [0.1, 0.15) is 6.92 Å². The number of likely N-dealkylation sites (N-methyl/N-ethyl adjacent to an activating group) is 2. The lowest BCUT2D eigenvalue weighted by Gasteiger charge is -2.34. The number of nitrogens with zero attached hydrogens (tertiary/aromatic N) is 3. The van der Waals surface area contributed by atoms with E-state index < -0.39 is 10.0 Å². The number of ether oxygens (including phenoxy) is 1. The zero-order valence-electron chi connectivity index (χ0n) is 14.7. The average Bonchev–Trinajstić information content (AvgIpc) is 2.61. The van der Waals surface area contributed by atoms with Crippen LogP contribution in [-0.4, -0.2) is 81.9 Å². The summed E-state index contributed by atoms with van der Waals surface area (Å²) in [6.45, 7) is 5.65. The summed E-state index contributed by atoms with van der Waals surface area (Å²) in [6, 6.07) is 4.38. The van der Waals surface area contributed by atoms with E-state index in [2.05, 4.69) is 11.8 Å². The van der Waals surface area contributed by atoms with E-state index >= 15 is 0 Å². The molecule has 1 fully saturated rings. The maximum absolute atomic E-state index is 12.8. The van der Waals surface area contributed by atoms with Crippen LogP contribution in [0.15, 0.2) is 23.1 Å². The number of piperazine rings is 1. The summed E-state index contributed by atoms with van der Waals surface area (Å²) in [5.74, 6) is -0.0110. The topological polar surface area (TPSA) is 70.2 Å². The second kappa shape index (κ2) is 8.35. The van der Waals surface area contributed by atoms with Crippen molar-refractivity contribution in [1.29, 1.82) is 0 Å². The van der Waals surface area contributed by atoms with Gasteiger partial charge in [-0.2, -0.15) is 4.31 Å². The Morgan fingerprint density at radius 1 is 1.28 bits per heavy atom. The third-order valence-corrected chi connectivity index (χ3v) is 6.40. The Morgan fingerprint density at radius 3 is 2.48 bits per heavy atom. The highest BCUT2D eigenvalue weighted by Gasteiger charge is 2.29. The Balaban J connectivity index is 2.10. The van der Waals surface area contributed by atoms with Gasteiger partial charge in [0.15, 0.2) is 0 Å². The lowest BCUT2D eigenvalue weighted by atomic mass is 10.3. The number of amides is 1. The molecule has 0 radical (unpaired) electrons. The first-order valence-electron chi connectivity index (χ1n) is 8.09. The van der Waals surface area contributed by atoms with Crippen molar-refractivity contribution >= 4 is 27.5 Å². The molecule has 0 saturated carbocycles. The predicted octanol–water partition coefficient (Wildman–Crippen LogP) is 1.13. The Hall–Kier alpha value is -1.35. The van der Waals surface area contributed by atoms with E-state index in [0.717, 1.165) is 23.9 Å². The van der Waals surface area contributed by atoms with Crippen molar-refractivity contribution in [1.82, 2.24) is 14.1 Å². The minimum absolute atomic E-state index is 0.0476. The molecular formula is C16H24ClN3O4S. The molecule has 1 aliphatic rings. The van der Waals surface area contributed by atoms with Crippen molar-refractivity contribution in [3.05, 3.63) is 23.2 Å². The minimum atomic E-state index is -3.89. The number of sulfonamides is 1. The molecule has 1 amide bonds. The van der Waals surface area contributed by atoms with Gasteiger partial charge in [0.1, 0.15) is 10.6 Å². The van der Waals surface area contributed by atoms with Crippen LogP contribution in [0.3, 0.4) is 0 Å². The Labute approximate surface area is 154 Å². The molecule has 1 saturated heterocycles. The summed E-state index contributed by atoms with van der Waals surface area (Å²) in [7, 11) is -1.11. The fraction of sp³-hybridized carbons (Fsp3) is 0.562. The monoisotopic (exact) mass is 389 g/mol. The van der Waals surface area contributed by atoms with E-state index in [1.54, 1.807) is 11.0 Å². The number of carbonyl (C=O) groups excluding carboxylic acids is 1. The van der Waals surface area contributed by atoms with Gasteiger partial charge in [0.05, 0.1) is 13.7 Å². The maximum atomic E-state index is 12.8. The van der Waals surface area contributed by atoms with Crippen molar-refractivity contribution in [2.24, 2.45) is 0 Å². The van der Waals surface area contributed by atoms with Crippen molar-refractivity contribution in [3.63, 3.8) is 0 Å². The first-order chi connectivity index (χ1) is 11.8. The standard InChI is InChI=1S/C16H24ClN3O4S/c1-4-19-7-9-20(10-8-19)16(21)12-18(2)25(22,23)15-11-13(17)5-6-14(15)24-3/h5-6,11H,4,7-10,12H2,1-3H3. The number of carbonyl (C=O) groups is 1. The van der Waals surface area contributed by atoms with E-state index in [9.17, 15) is 13.2 Å². The number of halogens is 1. The highest BCUT2D eigenvalue weighted by atomic mass is 35.5. The van der Waals surface area contributed by atoms with Gasteiger partial charge >= 0.3 is 0 Å². The molecule has 2 rings (SSSR count). The fourth-order valence-electron chi connectivity index (χ4n) is 2.71. The molecule has 0 aliphatic carbocycles. The maximum Gasteiger partial charge on any atom is 0.247 e. The highest BCUT2D eigenvalue weighted by Crippen LogP contribution is 2.29. The molecule has 0 unspecified atom stereocenters. The van der Waals surface area contributed by atoms with Crippen molar-refractivity contribution in [3.8, 4) is 5.75 Å². The van der Waals surface area contributed by atoms with Crippen LogP contribution >= 0.6 is 11.6 Å². The van der Waals surface area contributed by atoms with Crippen LogP contribution in [0, 0.1) is 0 Å². The van der Waals surface area contributed by atoms with Gasteiger partial charge < -0.3 is 14.5 Å². The first kappa shape index (κ1) is 20.0. The Bertz CT molecular complexity index is 718. The zero-order valence-corrected chi connectivity index (χ0v) is 16.3. The molecule has 1 heterocycles. The van der Waals surface area contributed by atoms with Crippen LogP contribution in [0.4, 0.5) is 0 Å². The average molecular weight is 390 g/mol. The molecule has 0 bridgehead atoms. The van der Waals surface area contributed by atoms with Gasteiger partial charge in [-0.05, 0) is 24.7 Å². The Kier molecular flexibility index (Phi) is 6.67. The first-order valence-corrected chi connectivity index (χ1v) is 9.91. The second-order valence-electron chi connectivity index (χ2n) is 5.87. The predicted molar refractivity (Wildman–Crippen MR) is 96.5 cm³/mol. The van der Waals surface area contributed by atoms with Gasteiger partial charge in [0.25, 0.3) is 0 Å². The third kappa shape index (κ3) is 4.63. The van der Waals surface area contributed by atoms with Crippen LogP contribution in [-0.2, 0) is 14.8 Å². The minimum Gasteiger partial charge on any atom is -0.495 e. The molecule has 140 valence electrons. The molecule has 0 N–H and O–H groups in total. The van der Waals surface area contributed by atoms with Gasteiger partial charge in [-0.25, -0.2) is 8.42 Å². The van der Waals surface area contributed by atoms with E-state index in [1.807, 2.05) is 0 Å². The van der Waals surface area contributed by atoms with Gasteiger partial charge in [0, 0.05) is 38.2 Å². The van der Waals surface area contributed by atoms with Crippen LogP contribution in [0.5, 0.6) is 5.75 Å². The highest BCUT2D eigenvalue weighted by molar-refractivity contribution is 7.89. The van der Waals surface area contributed by atoms with Crippen molar-refractivity contribution < 1.29 is 17.9 Å². The van der Waals surface area contributed by atoms with Gasteiger partial charge in [-0.3, -0.25) is 4.79 Å². The summed E-state index contributed by atoms with van der Waals surface area (Å²) < 4.78 is 31.7. The quantitative estimate of drug-likeness (QED) is 0.729. The van der Waals surface area contributed by atoms with Gasteiger partial charge in [-0.1, -0.05) is 18.5 Å². The fourth-order valence-corrected chi connectivity index (χ4v) is 4.24. The van der Waals surface area contributed by atoms with Crippen LogP contribution in [0.25, 0.3) is 0 Å². The van der Waals surface area contributed by atoms with Crippen LogP contribution < -0.4 is 4.74 Å². The number of benzene rings is 1. The number of methoxy groups -OCH3 is 1. The zero-order chi connectivity index (χ0) is 18.6. The molecule has 1 aromatic carbocycles. The molecule has 9 heteroatoms. The lowest BCUT2D eigenvalue weighted by Crippen LogP contribution is -2.51. The molecule has 1 aromatic rings. The summed E-state index contributed by atoms with van der Waals surface area (Å²) in [4.78, 5) is 16.4. The van der Waals surface area contributed by atoms with Crippen LogP contribution in [0.2, 0.25) is 5.02 Å². The lowest BCUT2D eigenvalue weighted by molar-refractivity contribution is -0.132. The van der Waals surface area contributed by atoms with Gasteiger partial charge in [-0.15, -0.1) is 0 Å². The number of rotatable bonds is 6. The molecule has 7 nitrogen and oxygen atoms in total. The summed E-state index contributed by atoms with van der Waals surface area (Å²) in [5, 5.41) is 0.287. The van der Waals surface area contributed by atoms with Gasteiger partial charge in [0.2, 0.25) is 15.9 Å². The summed E-state index contributed by atoms with van der Waals surface area (Å²) in [5.41, 5.74) is 0. The molecular weight excluding hydrogens is 366 g/mol. The second-order valence-corrected chi connectivity index (χ2v) is 8.32. The number of hydrogen-bond acceptors (Lipinski definition) is 5. The SMILES string of the molecule is CCN1CCN(C(=O)CN(C)S(=O)(=O)c2cc(Cl)ccc2OC)CC1. The third-order valence-electron chi connectivity index (χ3n) is 4.34. The molecule has 25 heavy (non-hydrogen) atoms. The van der Waals surface area contributed by atoms with E-state index in [-0.39, 0.29) is 28.1 Å². The summed E-state index contributed by atoms with van der Waals surface area (Å²) >= 11 is 5.92. The largest absolute Gasteiger partial charge is 0.495 e. The molecule has 1 aliphatic heterocycles. The normalized spacial score (nSPS) is 16.3. The summed E-state index contributed by atoms with van der Waals surface area (Å²) in [6.07, 6.45) is 0. The number of hydrogen-bond donors (Lipinski definition) is 0. The van der Waals surface area contributed by atoms with E-state index in [4.69, 9.17) is 16.3 Å². The van der Waals surface area contributed by atoms with Crippen molar-refractivity contribution in [2.75, 3.05) is 53.4 Å². The van der Waals surface area contributed by atoms with Crippen molar-refractivity contribution in [2.45, 2.75) is 11.8 Å². The molecule has 0 spiro atoms. The molecule has 0 atom stereocenters. The smallest absolute Gasteiger partial charge is 0.247 e.